The number of rotatable bonds is 6. The summed E-state index contributed by atoms with van der Waals surface area (Å²) in [4.78, 5) is 0. The van der Waals surface area contributed by atoms with Crippen molar-refractivity contribution >= 4 is 0 Å². The zero-order chi connectivity index (χ0) is 21.2. The first-order valence-electron chi connectivity index (χ1n) is 12.5. The van der Waals surface area contributed by atoms with Crippen LogP contribution in [0, 0.1) is 35.0 Å². The molecule has 3 aliphatic rings. The number of hydrogen-bond acceptors (Lipinski definition) is 2. The molecule has 0 aromatic carbocycles. The number of allylic oxidation sites excluding steroid dienone is 3. The van der Waals surface area contributed by atoms with Gasteiger partial charge in [0.15, 0.2) is 0 Å². The lowest BCUT2D eigenvalue weighted by molar-refractivity contribution is 0.0690. The van der Waals surface area contributed by atoms with Crippen LogP contribution in [0.2, 0.25) is 0 Å². The van der Waals surface area contributed by atoms with E-state index >= 15 is 0 Å². The fourth-order valence-corrected chi connectivity index (χ4v) is 7.03. The molecule has 0 aromatic heterocycles. The van der Waals surface area contributed by atoms with Crippen molar-refractivity contribution in [2.45, 2.75) is 111 Å². The van der Waals surface area contributed by atoms with Crippen molar-refractivity contribution in [3.63, 3.8) is 0 Å². The van der Waals surface area contributed by atoms with Gasteiger partial charge in [-0.1, -0.05) is 63.8 Å². The Kier molecular flexibility index (Phi) is 7.71. The first kappa shape index (κ1) is 23.1. The number of aliphatic hydroxyl groups excluding tert-OH is 2. The van der Waals surface area contributed by atoms with Crippen LogP contribution in [0.1, 0.15) is 98.8 Å². The van der Waals surface area contributed by atoms with Crippen LogP contribution in [-0.4, -0.2) is 22.4 Å². The van der Waals surface area contributed by atoms with E-state index in [9.17, 15) is 10.2 Å². The molecule has 3 saturated carbocycles. The van der Waals surface area contributed by atoms with Gasteiger partial charge in [0.1, 0.15) is 0 Å². The highest BCUT2D eigenvalue weighted by Gasteiger charge is 2.50. The molecular weight excluding hydrogens is 356 g/mol. The van der Waals surface area contributed by atoms with Gasteiger partial charge in [-0.25, -0.2) is 0 Å². The molecule has 2 heteroatoms. The maximum atomic E-state index is 10.4. The van der Waals surface area contributed by atoms with Gasteiger partial charge in [-0.05, 0) is 93.3 Å². The minimum atomic E-state index is -0.168. The van der Waals surface area contributed by atoms with Crippen LogP contribution in [0.3, 0.4) is 0 Å². The second-order valence-electron chi connectivity index (χ2n) is 11.2. The third-order valence-corrected chi connectivity index (χ3v) is 9.10. The van der Waals surface area contributed by atoms with Crippen LogP contribution in [0.5, 0.6) is 0 Å². The first-order valence-corrected chi connectivity index (χ1v) is 12.5. The minimum absolute atomic E-state index is 0.157. The summed E-state index contributed by atoms with van der Waals surface area (Å²) in [5, 5.41) is 20.0. The predicted octanol–water partition coefficient (Wildman–Crippen LogP) is 6.67. The van der Waals surface area contributed by atoms with E-state index in [2.05, 4.69) is 39.8 Å². The van der Waals surface area contributed by atoms with Gasteiger partial charge >= 0.3 is 0 Å². The molecule has 8 atom stereocenters. The average Bonchev–Trinajstić information content (AvgIpc) is 3.01. The summed E-state index contributed by atoms with van der Waals surface area (Å²) in [6.07, 6.45) is 16.6. The van der Waals surface area contributed by atoms with Gasteiger partial charge in [-0.3, -0.25) is 0 Å². The normalized spacial score (nSPS) is 42.8. The molecule has 8 unspecified atom stereocenters. The zero-order valence-electron chi connectivity index (χ0n) is 19.7. The van der Waals surface area contributed by atoms with E-state index in [0.29, 0.717) is 17.3 Å². The van der Waals surface area contributed by atoms with Gasteiger partial charge in [0.25, 0.3) is 0 Å². The van der Waals surface area contributed by atoms with Crippen LogP contribution in [0.15, 0.2) is 23.3 Å². The maximum Gasteiger partial charge on any atom is 0.0605 e. The van der Waals surface area contributed by atoms with Crippen molar-refractivity contribution in [2.24, 2.45) is 35.0 Å². The Bertz CT molecular complexity index is 590. The third kappa shape index (κ3) is 5.18. The van der Waals surface area contributed by atoms with Crippen molar-refractivity contribution in [1.82, 2.24) is 0 Å². The average molecular weight is 403 g/mol. The Morgan fingerprint density at radius 1 is 1.10 bits per heavy atom. The van der Waals surface area contributed by atoms with Crippen molar-refractivity contribution in [3.8, 4) is 0 Å². The Balaban J connectivity index is 1.68. The summed E-state index contributed by atoms with van der Waals surface area (Å²) in [6.45, 7) is 11.4. The largest absolute Gasteiger partial charge is 0.393 e. The van der Waals surface area contributed by atoms with Crippen LogP contribution in [0.4, 0.5) is 0 Å². The molecule has 2 nitrogen and oxygen atoms in total. The first-order chi connectivity index (χ1) is 13.7. The Morgan fingerprint density at radius 2 is 1.86 bits per heavy atom. The Hall–Kier alpha value is -0.600. The molecule has 3 fully saturated rings. The maximum absolute atomic E-state index is 10.4. The third-order valence-electron chi connectivity index (χ3n) is 9.10. The molecule has 166 valence electrons. The van der Waals surface area contributed by atoms with Crippen molar-refractivity contribution in [2.75, 3.05) is 0 Å². The Labute approximate surface area is 179 Å². The summed E-state index contributed by atoms with van der Waals surface area (Å²) in [5.41, 5.74) is 3.59. The molecule has 0 aromatic rings. The van der Waals surface area contributed by atoms with Gasteiger partial charge in [0.05, 0.1) is 12.2 Å². The van der Waals surface area contributed by atoms with Gasteiger partial charge in [-0.15, -0.1) is 0 Å². The van der Waals surface area contributed by atoms with E-state index in [-0.39, 0.29) is 12.2 Å². The molecule has 0 bridgehead atoms. The Morgan fingerprint density at radius 3 is 2.55 bits per heavy atom. The predicted molar refractivity (Wildman–Crippen MR) is 123 cm³/mol. The lowest BCUT2D eigenvalue weighted by atomic mass is 9.60. The number of fused-ring (bicyclic) bond motifs is 1. The molecule has 3 aliphatic carbocycles. The molecule has 0 heterocycles. The van der Waals surface area contributed by atoms with Crippen molar-refractivity contribution in [1.29, 1.82) is 0 Å². The highest BCUT2D eigenvalue weighted by atomic mass is 16.3. The smallest absolute Gasteiger partial charge is 0.0605 e. The van der Waals surface area contributed by atoms with E-state index in [1.54, 1.807) is 5.57 Å². The molecule has 29 heavy (non-hydrogen) atoms. The van der Waals surface area contributed by atoms with Crippen LogP contribution in [-0.2, 0) is 0 Å². The minimum Gasteiger partial charge on any atom is -0.393 e. The number of aliphatic hydroxyl groups is 2. The molecule has 0 spiro atoms. The molecule has 0 amide bonds. The summed E-state index contributed by atoms with van der Waals surface area (Å²) in [5.74, 6) is 3.34. The summed E-state index contributed by atoms with van der Waals surface area (Å²) in [6, 6.07) is 0. The van der Waals surface area contributed by atoms with Gasteiger partial charge in [-0.2, -0.15) is 0 Å². The molecular formula is C27H46O2. The zero-order valence-corrected chi connectivity index (χ0v) is 19.7. The molecule has 0 aliphatic heterocycles. The van der Waals surface area contributed by atoms with Gasteiger partial charge in [0, 0.05) is 0 Å². The summed E-state index contributed by atoms with van der Waals surface area (Å²) >= 11 is 0. The van der Waals surface area contributed by atoms with E-state index in [0.717, 1.165) is 43.4 Å². The van der Waals surface area contributed by atoms with Crippen LogP contribution in [0.25, 0.3) is 0 Å². The van der Waals surface area contributed by atoms with E-state index in [1.165, 1.54) is 44.1 Å². The van der Waals surface area contributed by atoms with E-state index in [4.69, 9.17) is 0 Å². The lowest BCUT2D eigenvalue weighted by Gasteiger charge is -2.44. The SMILES string of the molecule is CC(O)CCCC(C)C1CCC2C(=CC=C3CC(C)C(C)C(O)C3)CCCC21C. The van der Waals surface area contributed by atoms with Gasteiger partial charge in [0.2, 0.25) is 0 Å². The molecule has 0 radical (unpaired) electrons. The van der Waals surface area contributed by atoms with Crippen LogP contribution < -0.4 is 0 Å². The second kappa shape index (κ2) is 9.69. The summed E-state index contributed by atoms with van der Waals surface area (Å²) in [7, 11) is 0. The highest BCUT2D eigenvalue weighted by Crippen LogP contribution is 2.59. The van der Waals surface area contributed by atoms with E-state index < -0.39 is 0 Å². The molecule has 3 rings (SSSR count). The van der Waals surface area contributed by atoms with E-state index in [1.807, 2.05) is 6.92 Å². The van der Waals surface area contributed by atoms with Gasteiger partial charge < -0.3 is 10.2 Å². The van der Waals surface area contributed by atoms with Crippen molar-refractivity contribution in [3.05, 3.63) is 23.3 Å². The molecule has 2 N–H and O–H groups in total. The monoisotopic (exact) mass is 402 g/mol. The quantitative estimate of drug-likeness (QED) is 0.521. The van der Waals surface area contributed by atoms with Crippen molar-refractivity contribution < 1.29 is 10.2 Å². The highest BCUT2D eigenvalue weighted by molar-refractivity contribution is 5.26. The molecule has 0 saturated heterocycles. The standard InChI is InChI=1S/C27H46O2/c1-18(8-6-9-20(3)28)24-13-14-25-23(10-7-15-27(24,25)5)12-11-22-16-19(2)21(4)26(29)17-22/h11-12,18-21,24-26,28-29H,6-10,13-17H2,1-5H3. The topological polar surface area (TPSA) is 40.5 Å². The fourth-order valence-electron chi connectivity index (χ4n) is 7.03. The number of hydrogen-bond donors (Lipinski definition) is 2. The second-order valence-corrected chi connectivity index (χ2v) is 11.2. The lowest BCUT2D eigenvalue weighted by Crippen LogP contribution is -2.36. The van der Waals surface area contributed by atoms with Crippen LogP contribution >= 0.6 is 0 Å². The summed E-state index contributed by atoms with van der Waals surface area (Å²) < 4.78 is 0. The fraction of sp³-hybridized carbons (Fsp3) is 0.852.